The average molecular weight is 293 g/mol. The lowest BCUT2D eigenvalue weighted by Gasteiger charge is -2.11. The number of ether oxygens (including phenoxy) is 2. The molecule has 6 heteroatoms. The summed E-state index contributed by atoms with van der Waals surface area (Å²) in [7, 11) is 2.86. The zero-order valence-electron chi connectivity index (χ0n) is 11.4. The molecule has 21 heavy (non-hydrogen) atoms. The standard InChI is InChI=1S/C15H13F2NO3/c1-20-10-4-6-14(21-2)11(8-10)15(19)18-13-7-9(16)3-5-12(13)17/h3-8H,1-2H3,(H,18,19). The van der Waals surface area contributed by atoms with Gasteiger partial charge in [-0.2, -0.15) is 0 Å². The van der Waals surface area contributed by atoms with Gasteiger partial charge in [-0.05, 0) is 30.3 Å². The highest BCUT2D eigenvalue weighted by molar-refractivity contribution is 6.06. The predicted molar refractivity (Wildman–Crippen MR) is 73.9 cm³/mol. The lowest BCUT2D eigenvalue weighted by Crippen LogP contribution is -2.14. The van der Waals surface area contributed by atoms with Crippen molar-refractivity contribution < 1.29 is 23.0 Å². The van der Waals surface area contributed by atoms with Gasteiger partial charge < -0.3 is 14.8 Å². The Balaban J connectivity index is 2.33. The van der Waals surface area contributed by atoms with Gasteiger partial charge in [-0.1, -0.05) is 0 Å². The minimum atomic E-state index is -0.730. The molecule has 0 radical (unpaired) electrons. The molecule has 2 aromatic rings. The van der Waals surface area contributed by atoms with Gasteiger partial charge >= 0.3 is 0 Å². The van der Waals surface area contributed by atoms with Crippen LogP contribution in [0.4, 0.5) is 14.5 Å². The molecule has 4 nitrogen and oxygen atoms in total. The molecule has 0 saturated carbocycles. The number of hydrogen-bond acceptors (Lipinski definition) is 3. The van der Waals surface area contributed by atoms with Crippen LogP contribution < -0.4 is 14.8 Å². The number of hydrogen-bond donors (Lipinski definition) is 1. The molecular formula is C15H13F2NO3. The highest BCUT2D eigenvalue weighted by atomic mass is 19.1. The highest BCUT2D eigenvalue weighted by Gasteiger charge is 2.15. The van der Waals surface area contributed by atoms with Crippen molar-refractivity contribution in [3.63, 3.8) is 0 Å². The third kappa shape index (κ3) is 3.28. The van der Waals surface area contributed by atoms with E-state index < -0.39 is 17.5 Å². The molecule has 0 spiro atoms. The van der Waals surface area contributed by atoms with Gasteiger partial charge in [0.2, 0.25) is 0 Å². The lowest BCUT2D eigenvalue weighted by molar-refractivity contribution is 0.102. The molecule has 2 rings (SSSR count). The summed E-state index contributed by atoms with van der Waals surface area (Å²) in [5.41, 5.74) is -0.0922. The van der Waals surface area contributed by atoms with Crippen LogP contribution in [0, 0.1) is 11.6 Å². The minimum Gasteiger partial charge on any atom is -0.497 e. The van der Waals surface area contributed by atoms with Gasteiger partial charge in [-0.25, -0.2) is 8.78 Å². The summed E-state index contributed by atoms with van der Waals surface area (Å²) in [5, 5.41) is 2.30. The normalized spacial score (nSPS) is 10.1. The number of benzene rings is 2. The van der Waals surface area contributed by atoms with Crippen molar-refractivity contribution in [1.29, 1.82) is 0 Å². The van der Waals surface area contributed by atoms with Crippen LogP contribution in [-0.4, -0.2) is 20.1 Å². The van der Waals surface area contributed by atoms with Gasteiger partial charge in [0.15, 0.2) is 0 Å². The van der Waals surface area contributed by atoms with E-state index in [4.69, 9.17) is 9.47 Å². The van der Waals surface area contributed by atoms with Crippen LogP contribution in [0.5, 0.6) is 11.5 Å². The third-order valence-electron chi connectivity index (χ3n) is 2.83. The van der Waals surface area contributed by atoms with Gasteiger partial charge in [0, 0.05) is 6.07 Å². The van der Waals surface area contributed by atoms with Crippen molar-refractivity contribution in [3.8, 4) is 11.5 Å². The largest absolute Gasteiger partial charge is 0.497 e. The van der Waals surface area contributed by atoms with E-state index in [1.165, 1.54) is 20.3 Å². The summed E-state index contributed by atoms with van der Waals surface area (Å²) in [6, 6.07) is 7.43. The first-order valence-electron chi connectivity index (χ1n) is 6.03. The van der Waals surface area contributed by atoms with Crippen LogP contribution in [0.25, 0.3) is 0 Å². The number of nitrogens with one attached hydrogen (secondary N) is 1. The topological polar surface area (TPSA) is 47.6 Å². The van der Waals surface area contributed by atoms with E-state index in [2.05, 4.69) is 5.32 Å². The number of methoxy groups -OCH3 is 2. The van der Waals surface area contributed by atoms with Gasteiger partial charge in [-0.15, -0.1) is 0 Å². The van der Waals surface area contributed by atoms with Crippen LogP contribution in [-0.2, 0) is 0 Å². The van der Waals surface area contributed by atoms with E-state index in [0.717, 1.165) is 18.2 Å². The van der Waals surface area contributed by atoms with Gasteiger partial charge in [-0.3, -0.25) is 4.79 Å². The maximum atomic E-state index is 13.5. The molecule has 0 unspecified atom stereocenters. The Morgan fingerprint density at radius 1 is 1.05 bits per heavy atom. The SMILES string of the molecule is COc1ccc(OC)c(C(=O)Nc2cc(F)ccc2F)c1. The Kier molecular flexibility index (Phi) is 4.37. The Bertz CT molecular complexity index is 674. The maximum Gasteiger partial charge on any atom is 0.259 e. The van der Waals surface area contributed by atoms with Crippen LogP contribution >= 0.6 is 0 Å². The molecule has 2 aromatic carbocycles. The van der Waals surface area contributed by atoms with Crippen molar-refractivity contribution in [2.45, 2.75) is 0 Å². The van der Waals surface area contributed by atoms with Gasteiger partial charge in [0.1, 0.15) is 23.1 Å². The number of carbonyl (C=O) groups excluding carboxylic acids is 1. The summed E-state index contributed by atoms with van der Waals surface area (Å²) in [6.45, 7) is 0. The second-order valence-electron chi connectivity index (χ2n) is 4.14. The fourth-order valence-electron chi connectivity index (χ4n) is 1.77. The van der Waals surface area contributed by atoms with Crippen molar-refractivity contribution in [1.82, 2.24) is 0 Å². The Labute approximate surface area is 120 Å². The first-order chi connectivity index (χ1) is 10.0. The van der Waals surface area contributed by atoms with E-state index in [1.54, 1.807) is 12.1 Å². The summed E-state index contributed by atoms with van der Waals surface area (Å²) in [6.07, 6.45) is 0. The van der Waals surface area contributed by atoms with Crippen LogP contribution in [0.1, 0.15) is 10.4 Å². The smallest absolute Gasteiger partial charge is 0.259 e. The summed E-state index contributed by atoms with van der Waals surface area (Å²) in [5.74, 6) is -1.27. The first-order valence-corrected chi connectivity index (χ1v) is 6.03. The van der Waals surface area contributed by atoms with Gasteiger partial charge in [0.05, 0.1) is 25.5 Å². The van der Waals surface area contributed by atoms with E-state index >= 15 is 0 Å². The van der Waals surface area contributed by atoms with Crippen molar-refractivity contribution >= 4 is 11.6 Å². The van der Waals surface area contributed by atoms with Crippen molar-refractivity contribution in [3.05, 3.63) is 53.6 Å². The molecule has 0 saturated heterocycles. The molecule has 110 valence electrons. The number of amides is 1. The Morgan fingerprint density at radius 3 is 2.48 bits per heavy atom. The number of rotatable bonds is 4. The van der Waals surface area contributed by atoms with E-state index in [0.29, 0.717) is 11.5 Å². The number of halogens is 2. The molecule has 0 aliphatic rings. The number of carbonyl (C=O) groups is 1. The van der Waals surface area contributed by atoms with Crippen molar-refractivity contribution in [2.24, 2.45) is 0 Å². The zero-order chi connectivity index (χ0) is 15.4. The quantitative estimate of drug-likeness (QED) is 0.941. The molecule has 1 N–H and O–H groups in total. The maximum absolute atomic E-state index is 13.5. The fraction of sp³-hybridized carbons (Fsp3) is 0.133. The Morgan fingerprint density at radius 2 is 1.81 bits per heavy atom. The lowest BCUT2D eigenvalue weighted by atomic mass is 10.1. The molecule has 0 bridgehead atoms. The zero-order valence-corrected chi connectivity index (χ0v) is 11.4. The van der Waals surface area contributed by atoms with Crippen LogP contribution in [0.15, 0.2) is 36.4 Å². The molecular weight excluding hydrogens is 280 g/mol. The summed E-state index contributed by atoms with van der Waals surface area (Å²) < 4.78 is 36.7. The molecule has 0 heterocycles. The van der Waals surface area contributed by atoms with Crippen molar-refractivity contribution in [2.75, 3.05) is 19.5 Å². The fourth-order valence-corrected chi connectivity index (χ4v) is 1.77. The highest BCUT2D eigenvalue weighted by Crippen LogP contribution is 2.25. The Hall–Kier alpha value is -2.63. The van der Waals surface area contributed by atoms with Gasteiger partial charge in [0.25, 0.3) is 5.91 Å². The first kappa shape index (κ1) is 14.8. The number of anilines is 1. The van der Waals surface area contributed by atoms with E-state index in [1.807, 2.05) is 0 Å². The molecule has 1 amide bonds. The molecule has 0 aromatic heterocycles. The second-order valence-corrected chi connectivity index (χ2v) is 4.14. The molecule has 0 aliphatic heterocycles. The third-order valence-corrected chi connectivity index (χ3v) is 2.83. The predicted octanol–water partition coefficient (Wildman–Crippen LogP) is 3.23. The molecule has 0 fully saturated rings. The van der Waals surface area contributed by atoms with Crippen LogP contribution in [0.3, 0.4) is 0 Å². The minimum absolute atomic E-state index is 0.153. The van der Waals surface area contributed by atoms with E-state index in [-0.39, 0.29) is 11.3 Å². The molecule has 0 atom stereocenters. The van der Waals surface area contributed by atoms with E-state index in [9.17, 15) is 13.6 Å². The second kappa shape index (κ2) is 6.21. The van der Waals surface area contributed by atoms with Crippen LogP contribution in [0.2, 0.25) is 0 Å². The monoisotopic (exact) mass is 293 g/mol. The average Bonchev–Trinajstić information content (AvgIpc) is 2.50. The summed E-state index contributed by atoms with van der Waals surface area (Å²) in [4.78, 5) is 12.2. The summed E-state index contributed by atoms with van der Waals surface area (Å²) >= 11 is 0. The molecule has 0 aliphatic carbocycles.